The van der Waals surface area contributed by atoms with Gasteiger partial charge in [0.1, 0.15) is 0 Å². The molecule has 1 unspecified atom stereocenters. The maximum absolute atomic E-state index is 2.41. The molecular formula is C14H14. The van der Waals surface area contributed by atoms with Gasteiger partial charge >= 0.3 is 0 Å². The minimum Gasteiger partial charge on any atom is -0.0740 e. The summed E-state index contributed by atoms with van der Waals surface area (Å²) in [4.78, 5) is 0. The second-order valence-corrected chi connectivity index (χ2v) is 4.31. The van der Waals surface area contributed by atoms with Crippen LogP contribution in [0.5, 0.6) is 0 Å². The largest absolute Gasteiger partial charge is 0.0740 e. The second kappa shape index (κ2) is 2.84. The molecule has 0 aliphatic heterocycles. The minimum absolute atomic E-state index is 0.699. The first-order chi connectivity index (χ1) is 6.84. The lowest BCUT2D eigenvalue weighted by Crippen LogP contribution is -2.08. The third-order valence-electron chi connectivity index (χ3n) is 3.30. The summed E-state index contributed by atoms with van der Waals surface area (Å²) in [6.45, 7) is 2.20. The number of hydrogen-bond donors (Lipinski definition) is 0. The van der Waals surface area contributed by atoms with Gasteiger partial charge in [-0.05, 0) is 36.5 Å². The van der Waals surface area contributed by atoms with Gasteiger partial charge in [-0.1, -0.05) is 42.0 Å². The second-order valence-electron chi connectivity index (χ2n) is 4.31. The molecule has 0 bridgehead atoms. The molecule has 0 nitrogen and oxygen atoms in total. The molecule has 0 saturated heterocycles. The number of hydrogen-bond acceptors (Lipinski definition) is 0. The van der Waals surface area contributed by atoms with E-state index < -0.39 is 0 Å². The standard InChI is InChI=1S/C14H14/c1-10-8-12-7-6-11-4-2-3-5-13(11)14(12)9-10/h2-5,8-9,12H,6-7H2,1H3. The van der Waals surface area contributed by atoms with Gasteiger partial charge in [0.15, 0.2) is 0 Å². The summed E-state index contributed by atoms with van der Waals surface area (Å²) in [5, 5.41) is 0. The van der Waals surface area contributed by atoms with Crippen molar-refractivity contribution >= 4 is 5.57 Å². The van der Waals surface area contributed by atoms with Crippen LogP contribution in [-0.2, 0) is 6.42 Å². The predicted molar refractivity (Wildman–Crippen MR) is 60.0 cm³/mol. The quantitative estimate of drug-likeness (QED) is 0.575. The van der Waals surface area contributed by atoms with E-state index in [0.29, 0.717) is 5.92 Å². The molecule has 0 spiro atoms. The zero-order valence-corrected chi connectivity index (χ0v) is 8.46. The lowest BCUT2D eigenvalue weighted by atomic mass is 9.81. The summed E-state index contributed by atoms with van der Waals surface area (Å²) in [6, 6.07) is 8.82. The van der Waals surface area contributed by atoms with E-state index in [4.69, 9.17) is 0 Å². The Morgan fingerprint density at radius 2 is 2.07 bits per heavy atom. The van der Waals surface area contributed by atoms with E-state index in [1.165, 1.54) is 29.5 Å². The molecule has 14 heavy (non-hydrogen) atoms. The van der Waals surface area contributed by atoms with Crippen LogP contribution in [0.25, 0.3) is 5.57 Å². The Bertz CT molecular complexity index is 435. The number of rotatable bonds is 0. The lowest BCUT2D eigenvalue weighted by Gasteiger charge is -2.23. The Morgan fingerprint density at radius 1 is 1.21 bits per heavy atom. The molecule has 0 fully saturated rings. The van der Waals surface area contributed by atoms with Gasteiger partial charge in [0, 0.05) is 5.92 Å². The van der Waals surface area contributed by atoms with E-state index in [1.807, 2.05) is 0 Å². The van der Waals surface area contributed by atoms with Crippen molar-refractivity contribution < 1.29 is 0 Å². The fourth-order valence-corrected chi connectivity index (χ4v) is 2.65. The van der Waals surface area contributed by atoms with Crippen molar-refractivity contribution in [2.24, 2.45) is 5.92 Å². The van der Waals surface area contributed by atoms with Gasteiger partial charge in [0.2, 0.25) is 0 Å². The fourth-order valence-electron chi connectivity index (χ4n) is 2.65. The predicted octanol–water partition coefficient (Wildman–Crippen LogP) is 3.59. The maximum Gasteiger partial charge on any atom is 0.00329 e. The highest BCUT2D eigenvalue weighted by Crippen LogP contribution is 2.40. The van der Waals surface area contributed by atoms with Crippen LogP contribution in [0.15, 0.2) is 42.0 Å². The van der Waals surface area contributed by atoms with Gasteiger partial charge in [-0.3, -0.25) is 0 Å². The summed E-state index contributed by atoms with van der Waals surface area (Å²) < 4.78 is 0. The first kappa shape index (κ1) is 8.05. The molecule has 3 rings (SSSR count). The number of benzene rings is 1. The maximum atomic E-state index is 2.41. The van der Waals surface area contributed by atoms with Crippen LogP contribution in [0.3, 0.4) is 0 Å². The van der Waals surface area contributed by atoms with Crippen molar-refractivity contribution in [1.82, 2.24) is 0 Å². The molecule has 70 valence electrons. The van der Waals surface area contributed by atoms with E-state index in [2.05, 4.69) is 43.3 Å². The van der Waals surface area contributed by atoms with Crippen LogP contribution in [0.1, 0.15) is 24.5 Å². The Hall–Kier alpha value is -1.30. The molecular weight excluding hydrogens is 168 g/mol. The normalized spacial score (nSPS) is 23.6. The number of allylic oxidation sites excluding steroid dienone is 4. The monoisotopic (exact) mass is 182 g/mol. The Morgan fingerprint density at radius 3 is 3.00 bits per heavy atom. The first-order valence-corrected chi connectivity index (χ1v) is 5.33. The van der Waals surface area contributed by atoms with Gasteiger partial charge in [-0.15, -0.1) is 0 Å². The lowest BCUT2D eigenvalue weighted by molar-refractivity contribution is 0.704. The summed E-state index contributed by atoms with van der Waals surface area (Å²) >= 11 is 0. The van der Waals surface area contributed by atoms with Crippen molar-refractivity contribution in [3.63, 3.8) is 0 Å². The minimum atomic E-state index is 0.699. The van der Waals surface area contributed by atoms with Crippen LogP contribution in [0, 0.1) is 5.92 Å². The number of fused-ring (bicyclic) bond motifs is 3. The van der Waals surface area contributed by atoms with Gasteiger partial charge in [0.05, 0.1) is 0 Å². The molecule has 0 heterocycles. The third-order valence-corrected chi connectivity index (χ3v) is 3.30. The van der Waals surface area contributed by atoms with Crippen molar-refractivity contribution in [3.8, 4) is 0 Å². The highest BCUT2D eigenvalue weighted by Gasteiger charge is 2.24. The van der Waals surface area contributed by atoms with E-state index in [-0.39, 0.29) is 0 Å². The summed E-state index contributed by atoms with van der Waals surface area (Å²) in [6.07, 6.45) is 7.29. The Balaban J connectivity index is 2.15. The van der Waals surface area contributed by atoms with E-state index in [0.717, 1.165) is 0 Å². The van der Waals surface area contributed by atoms with Crippen LogP contribution < -0.4 is 0 Å². The topological polar surface area (TPSA) is 0 Å². The SMILES string of the molecule is CC1=CC2CCc3ccccc3C2=C1. The summed E-state index contributed by atoms with van der Waals surface area (Å²) in [5.41, 5.74) is 5.99. The van der Waals surface area contributed by atoms with Gasteiger partial charge in [-0.25, -0.2) is 0 Å². The fraction of sp³-hybridized carbons (Fsp3) is 0.286. The number of aryl methyl sites for hydroxylation is 1. The summed E-state index contributed by atoms with van der Waals surface area (Å²) in [7, 11) is 0. The van der Waals surface area contributed by atoms with Crippen molar-refractivity contribution in [3.05, 3.63) is 53.1 Å². The zero-order valence-electron chi connectivity index (χ0n) is 8.46. The molecule has 2 aliphatic carbocycles. The first-order valence-electron chi connectivity index (χ1n) is 5.33. The van der Waals surface area contributed by atoms with Crippen molar-refractivity contribution in [2.45, 2.75) is 19.8 Å². The van der Waals surface area contributed by atoms with Gasteiger partial charge in [-0.2, -0.15) is 0 Å². The van der Waals surface area contributed by atoms with Gasteiger partial charge < -0.3 is 0 Å². The highest BCUT2D eigenvalue weighted by molar-refractivity contribution is 5.77. The van der Waals surface area contributed by atoms with Crippen molar-refractivity contribution in [2.75, 3.05) is 0 Å². The molecule has 2 aliphatic rings. The highest BCUT2D eigenvalue weighted by atomic mass is 14.3. The third kappa shape index (κ3) is 1.07. The van der Waals surface area contributed by atoms with Crippen LogP contribution >= 0.6 is 0 Å². The van der Waals surface area contributed by atoms with Crippen LogP contribution in [0.4, 0.5) is 0 Å². The molecule has 0 amide bonds. The Kier molecular flexibility index (Phi) is 1.63. The average molecular weight is 182 g/mol. The van der Waals surface area contributed by atoms with Crippen LogP contribution in [-0.4, -0.2) is 0 Å². The molecule has 1 aromatic carbocycles. The molecule has 0 aromatic heterocycles. The van der Waals surface area contributed by atoms with E-state index in [9.17, 15) is 0 Å². The average Bonchev–Trinajstić information content (AvgIpc) is 2.59. The van der Waals surface area contributed by atoms with E-state index >= 15 is 0 Å². The smallest absolute Gasteiger partial charge is 0.00329 e. The molecule has 1 atom stereocenters. The molecule has 0 N–H and O–H groups in total. The Labute approximate surface area is 85.0 Å². The molecule has 1 aromatic rings. The van der Waals surface area contributed by atoms with Crippen LogP contribution in [0.2, 0.25) is 0 Å². The molecule has 0 saturated carbocycles. The zero-order chi connectivity index (χ0) is 9.54. The molecule has 0 heteroatoms. The summed E-state index contributed by atoms with van der Waals surface area (Å²) in [5.74, 6) is 0.699. The van der Waals surface area contributed by atoms with Gasteiger partial charge in [0.25, 0.3) is 0 Å². The van der Waals surface area contributed by atoms with E-state index in [1.54, 1.807) is 5.57 Å². The van der Waals surface area contributed by atoms with Crippen molar-refractivity contribution in [1.29, 1.82) is 0 Å². The molecule has 0 radical (unpaired) electrons.